The second-order valence-electron chi connectivity index (χ2n) is 5.92. The molecule has 0 amide bonds. The van der Waals surface area contributed by atoms with Crippen LogP contribution >= 0.6 is 11.6 Å². The Morgan fingerprint density at radius 3 is 2.20 bits per heavy atom. The van der Waals surface area contributed by atoms with Crippen LogP contribution in [0.15, 0.2) is 12.1 Å². The highest BCUT2D eigenvalue weighted by molar-refractivity contribution is 6.31. The molecule has 1 saturated carbocycles. The van der Waals surface area contributed by atoms with E-state index in [-0.39, 0.29) is 11.5 Å². The van der Waals surface area contributed by atoms with Gasteiger partial charge in [0.15, 0.2) is 11.5 Å². The number of nitrogens with two attached hydrogens (primary N) is 1. The van der Waals surface area contributed by atoms with Crippen molar-refractivity contribution in [2.45, 2.75) is 45.1 Å². The summed E-state index contributed by atoms with van der Waals surface area (Å²) in [6.07, 6.45) is 6.10. The molecule has 1 aromatic carbocycles. The van der Waals surface area contributed by atoms with Crippen LogP contribution in [0.1, 0.15) is 50.6 Å². The van der Waals surface area contributed by atoms with E-state index in [0.29, 0.717) is 16.5 Å². The molecule has 0 bridgehead atoms. The molecule has 112 valence electrons. The summed E-state index contributed by atoms with van der Waals surface area (Å²) in [5, 5.41) is 0.655. The van der Waals surface area contributed by atoms with Gasteiger partial charge in [-0.05, 0) is 29.9 Å². The van der Waals surface area contributed by atoms with Gasteiger partial charge in [0.05, 0.1) is 14.2 Å². The summed E-state index contributed by atoms with van der Waals surface area (Å²) < 4.78 is 10.6. The van der Waals surface area contributed by atoms with Crippen LogP contribution in [0, 0.1) is 5.41 Å². The zero-order valence-corrected chi connectivity index (χ0v) is 13.3. The van der Waals surface area contributed by atoms with Crippen molar-refractivity contribution in [2.24, 2.45) is 11.1 Å². The van der Waals surface area contributed by atoms with Crippen LogP contribution in [0.2, 0.25) is 5.02 Å². The van der Waals surface area contributed by atoms with Crippen molar-refractivity contribution in [3.05, 3.63) is 22.7 Å². The summed E-state index contributed by atoms with van der Waals surface area (Å²) in [5.74, 6) is 1.32. The van der Waals surface area contributed by atoms with Gasteiger partial charge in [-0.3, -0.25) is 0 Å². The second-order valence-corrected chi connectivity index (χ2v) is 6.33. The van der Waals surface area contributed by atoms with E-state index in [0.717, 1.165) is 18.4 Å². The molecule has 1 aliphatic carbocycles. The number of halogens is 1. The molecule has 1 atom stereocenters. The Labute approximate surface area is 126 Å². The maximum atomic E-state index is 6.54. The molecule has 0 aliphatic heterocycles. The fraction of sp³-hybridized carbons (Fsp3) is 0.625. The van der Waals surface area contributed by atoms with Crippen LogP contribution in [0.3, 0.4) is 0 Å². The maximum Gasteiger partial charge on any atom is 0.162 e. The van der Waals surface area contributed by atoms with Crippen LogP contribution in [0.5, 0.6) is 11.5 Å². The first-order chi connectivity index (χ1) is 9.51. The first-order valence-electron chi connectivity index (χ1n) is 7.19. The Bertz CT molecular complexity index is 470. The molecule has 1 fully saturated rings. The molecule has 4 heteroatoms. The zero-order valence-electron chi connectivity index (χ0n) is 12.5. The van der Waals surface area contributed by atoms with Gasteiger partial charge in [0, 0.05) is 17.1 Å². The monoisotopic (exact) mass is 297 g/mol. The average Bonchev–Trinajstić information content (AvgIpc) is 2.47. The lowest BCUT2D eigenvalue weighted by Gasteiger charge is -2.39. The fourth-order valence-electron chi connectivity index (χ4n) is 3.15. The van der Waals surface area contributed by atoms with Crippen molar-refractivity contribution in [2.75, 3.05) is 14.2 Å². The molecule has 1 unspecified atom stereocenters. The minimum absolute atomic E-state index is 0.0740. The van der Waals surface area contributed by atoms with E-state index in [1.165, 1.54) is 19.3 Å². The van der Waals surface area contributed by atoms with Crippen molar-refractivity contribution in [3.8, 4) is 11.5 Å². The lowest BCUT2D eigenvalue weighted by atomic mass is 9.69. The quantitative estimate of drug-likeness (QED) is 0.900. The third-order valence-corrected chi connectivity index (χ3v) is 4.91. The summed E-state index contributed by atoms with van der Waals surface area (Å²) in [6.45, 7) is 2.27. The molecule has 0 radical (unpaired) electrons. The van der Waals surface area contributed by atoms with E-state index in [9.17, 15) is 0 Å². The fourth-order valence-corrected chi connectivity index (χ4v) is 3.43. The number of benzene rings is 1. The highest BCUT2D eigenvalue weighted by atomic mass is 35.5. The van der Waals surface area contributed by atoms with Crippen molar-refractivity contribution in [3.63, 3.8) is 0 Å². The van der Waals surface area contributed by atoms with Crippen molar-refractivity contribution in [1.82, 2.24) is 0 Å². The van der Waals surface area contributed by atoms with E-state index >= 15 is 0 Å². The Kier molecular flexibility index (Phi) is 4.82. The van der Waals surface area contributed by atoms with Gasteiger partial charge >= 0.3 is 0 Å². The molecule has 1 aromatic rings. The zero-order chi connectivity index (χ0) is 14.8. The summed E-state index contributed by atoms with van der Waals surface area (Å²) in [7, 11) is 3.24. The number of rotatable bonds is 4. The summed E-state index contributed by atoms with van der Waals surface area (Å²) in [5.41, 5.74) is 7.60. The lowest BCUT2D eigenvalue weighted by molar-refractivity contribution is 0.170. The summed E-state index contributed by atoms with van der Waals surface area (Å²) in [4.78, 5) is 0. The smallest absolute Gasteiger partial charge is 0.162 e. The Morgan fingerprint density at radius 1 is 1.10 bits per heavy atom. The maximum absolute atomic E-state index is 6.54. The highest BCUT2D eigenvalue weighted by Crippen LogP contribution is 2.47. The molecule has 3 nitrogen and oxygen atoms in total. The first-order valence-corrected chi connectivity index (χ1v) is 7.56. The molecule has 2 rings (SSSR count). The van der Waals surface area contributed by atoms with Gasteiger partial charge < -0.3 is 15.2 Å². The number of methoxy groups -OCH3 is 2. The Morgan fingerprint density at radius 2 is 1.65 bits per heavy atom. The highest BCUT2D eigenvalue weighted by Gasteiger charge is 2.35. The molecule has 0 heterocycles. The largest absolute Gasteiger partial charge is 0.493 e. The van der Waals surface area contributed by atoms with Crippen LogP contribution < -0.4 is 15.2 Å². The van der Waals surface area contributed by atoms with E-state index in [4.69, 9.17) is 26.8 Å². The van der Waals surface area contributed by atoms with Gasteiger partial charge in [0.1, 0.15) is 0 Å². The van der Waals surface area contributed by atoms with E-state index in [1.807, 2.05) is 6.07 Å². The predicted octanol–water partition coefficient (Wildman–Crippen LogP) is 4.33. The van der Waals surface area contributed by atoms with Gasteiger partial charge in [-0.2, -0.15) is 0 Å². The van der Waals surface area contributed by atoms with Gasteiger partial charge in [-0.1, -0.05) is 37.8 Å². The third-order valence-electron chi connectivity index (χ3n) is 4.58. The minimum Gasteiger partial charge on any atom is -0.493 e. The van der Waals surface area contributed by atoms with Crippen molar-refractivity contribution in [1.29, 1.82) is 0 Å². The van der Waals surface area contributed by atoms with Gasteiger partial charge in [0.25, 0.3) is 0 Å². The number of hydrogen-bond acceptors (Lipinski definition) is 3. The molecular formula is C16H24ClNO2. The van der Waals surface area contributed by atoms with Gasteiger partial charge in [-0.25, -0.2) is 0 Å². The van der Waals surface area contributed by atoms with Crippen molar-refractivity contribution >= 4 is 11.6 Å². The van der Waals surface area contributed by atoms with Crippen LogP contribution in [-0.4, -0.2) is 14.2 Å². The number of hydrogen-bond donors (Lipinski definition) is 1. The molecule has 20 heavy (non-hydrogen) atoms. The normalized spacial score (nSPS) is 19.4. The molecule has 0 saturated heterocycles. The SMILES string of the molecule is COc1cc(Cl)c(C(N)C2(C)CCCCC2)cc1OC. The first kappa shape index (κ1) is 15.5. The Balaban J connectivity index is 2.36. The molecular weight excluding hydrogens is 274 g/mol. The molecule has 0 aromatic heterocycles. The standard InChI is InChI=1S/C16H24ClNO2/c1-16(7-5-4-6-8-16)15(18)11-9-13(19-2)14(20-3)10-12(11)17/h9-10,15H,4-8,18H2,1-3H3. The molecule has 1 aliphatic rings. The summed E-state index contributed by atoms with van der Waals surface area (Å²) >= 11 is 6.40. The van der Waals surface area contributed by atoms with E-state index in [2.05, 4.69) is 6.92 Å². The Hall–Kier alpha value is -0.930. The van der Waals surface area contributed by atoms with Crippen LogP contribution in [-0.2, 0) is 0 Å². The van der Waals surface area contributed by atoms with Crippen molar-refractivity contribution < 1.29 is 9.47 Å². The third kappa shape index (κ3) is 2.89. The van der Waals surface area contributed by atoms with E-state index in [1.54, 1.807) is 20.3 Å². The van der Waals surface area contributed by atoms with E-state index < -0.39 is 0 Å². The van der Waals surface area contributed by atoms with Crippen LogP contribution in [0.4, 0.5) is 0 Å². The summed E-state index contributed by atoms with van der Waals surface area (Å²) in [6, 6.07) is 3.64. The van der Waals surface area contributed by atoms with Gasteiger partial charge in [-0.15, -0.1) is 0 Å². The lowest BCUT2D eigenvalue weighted by Crippen LogP contribution is -2.34. The molecule has 2 N–H and O–H groups in total. The average molecular weight is 298 g/mol. The van der Waals surface area contributed by atoms with Crippen LogP contribution in [0.25, 0.3) is 0 Å². The second kappa shape index (κ2) is 6.23. The van der Waals surface area contributed by atoms with Gasteiger partial charge in [0.2, 0.25) is 0 Å². The number of ether oxygens (including phenoxy) is 2. The topological polar surface area (TPSA) is 44.5 Å². The minimum atomic E-state index is -0.0740. The predicted molar refractivity (Wildman–Crippen MR) is 82.7 cm³/mol. The molecule has 0 spiro atoms.